The zero-order valence-corrected chi connectivity index (χ0v) is 12.6. The highest BCUT2D eigenvalue weighted by Gasteiger charge is 2.17. The van der Waals surface area contributed by atoms with Crippen LogP contribution in [0.2, 0.25) is 0 Å². The van der Waals surface area contributed by atoms with Gasteiger partial charge < -0.3 is 9.73 Å². The van der Waals surface area contributed by atoms with Gasteiger partial charge in [0, 0.05) is 12.6 Å². The first-order chi connectivity index (χ1) is 9.02. The second-order valence-electron chi connectivity index (χ2n) is 4.57. The maximum absolute atomic E-state index is 5.60. The monoisotopic (exact) mass is 278 g/mol. The summed E-state index contributed by atoms with van der Waals surface area (Å²) in [6.45, 7) is 8.09. The summed E-state index contributed by atoms with van der Waals surface area (Å²) >= 11 is 1.44. The van der Waals surface area contributed by atoms with E-state index in [4.69, 9.17) is 4.42 Å². The molecule has 0 aliphatic carbocycles. The third-order valence-corrected chi connectivity index (χ3v) is 3.72. The van der Waals surface area contributed by atoms with Crippen LogP contribution in [0.3, 0.4) is 0 Å². The van der Waals surface area contributed by atoms with E-state index in [0.29, 0.717) is 11.1 Å². The Morgan fingerprint density at radius 2 is 2.00 bits per heavy atom. The predicted molar refractivity (Wildman–Crippen MR) is 75.8 cm³/mol. The van der Waals surface area contributed by atoms with Crippen molar-refractivity contribution >= 4 is 17.6 Å². The summed E-state index contributed by atoms with van der Waals surface area (Å²) in [7, 11) is 1.86. The molecular formula is C13H18N4OS. The van der Waals surface area contributed by atoms with Gasteiger partial charge in [-0.25, -0.2) is 15.0 Å². The molecule has 0 radical (unpaired) electrons. The van der Waals surface area contributed by atoms with E-state index < -0.39 is 0 Å². The first-order valence-electron chi connectivity index (χ1n) is 6.17. The molecule has 0 aliphatic rings. The second kappa shape index (κ2) is 5.61. The van der Waals surface area contributed by atoms with Crippen LogP contribution in [-0.4, -0.2) is 22.0 Å². The van der Waals surface area contributed by atoms with Gasteiger partial charge in [0.05, 0.1) is 5.69 Å². The number of aromatic nitrogens is 3. The Labute approximate surface area is 117 Å². The van der Waals surface area contributed by atoms with Gasteiger partial charge in [-0.3, -0.25) is 0 Å². The number of nitrogens with one attached hydrogen (secondary N) is 1. The average Bonchev–Trinajstić information content (AvgIpc) is 2.67. The molecule has 0 amide bonds. The molecule has 102 valence electrons. The van der Waals surface area contributed by atoms with Gasteiger partial charge >= 0.3 is 0 Å². The van der Waals surface area contributed by atoms with E-state index in [-0.39, 0.29) is 0 Å². The molecule has 0 saturated heterocycles. The van der Waals surface area contributed by atoms with Crippen molar-refractivity contribution in [3.8, 4) is 0 Å². The molecule has 0 atom stereocenters. The number of oxazole rings is 1. The van der Waals surface area contributed by atoms with Gasteiger partial charge in [0.2, 0.25) is 0 Å². The summed E-state index contributed by atoms with van der Waals surface area (Å²) < 4.78 is 5.60. The van der Waals surface area contributed by atoms with E-state index in [1.807, 2.05) is 20.9 Å². The van der Waals surface area contributed by atoms with Crippen molar-refractivity contribution in [2.75, 3.05) is 12.4 Å². The smallest absolute Gasteiger partial charge is 0.262 e. The number of anilines is 1. The molecule has 2 heterocycles. The lowest BCUT2D eigenvalue weighted by atomic mass is 10.1. The molecule has 6 heteroatoms. The molecule has 0 bridgehead atoms. The molecule has 0 aromatic carbocycles. The molecule has 0 spiro atoms. The average molecular weight is 278 g/mol. The zero-order valence-electron chi connectivity index (χ0n) is 11.8. The first-order valence-corrected chi connectivity index (χ1v) is 6.99. The fraction of sp³-hybridized carbons (Fsp3) is 0.462. The Morgan fingerprint density at radius 1 is 1.26 bits per heavy atom. The van der Waals surface area contributed by atoms with Crippen molar-refractivity contribution in [1.29, 1.82) is 0 Å². The number of rotatable bonds is 4. The molecule has 2 aromatic rings. The highest BCUT2D eigenvalue weighted by atomic mass is 32.2. The topological polar surface area (TPSA) is 63.8 Å². The van der Waals surface area contributed by atoms with Crippen LogP contribution in [0.25, 0.3) is 0 Å². The van der Waals surface area contributed by atoms with Crippen molar-refractivity contribution in [2.24, 2.45) is 0 Å². The maximum Gasteiger partial charge on any atom is 0.262 e. The van der Waals surface area contributed by atoms with Crippen LogP contribution in [0.4, 0.5) is 5.82 Å². The number of nitrogens with zero attached hydrogens (tertiary/aromatic N) is 3. The van der Waals surface area contributed by atoms with E-state index >= 15 is 0 Å². The summed E-state index contributed by atoms with van der Waals surface area (Å²) in [5.74, 6) is 2.02. The quantitative estimate of drug-likeness (QED) is 0.865. The minimum absolute atomic E-state index is 0.323. The highest BCUT2D eigenvalue weighted by Crippen LogP contribution is 2.35. The third-order valence-electron chi connectivity index (χ3n) is 2.85. The van der Waals surface area contributed by atoms with E-state index in [1.165, 1.54) is 11.8 Å². The molecule has 0 unspecified atom stereocenters. The number of hydrogen-bond acceptors (Lipinski definition) is 6. The van der Waals surface area contributed by atoms with Gasteiger partial charge in [-0.1, -0.05) is 13.8 Å². The Balaban J connectivity index is 2.39. The molecule has 0 aliphatic heterocycles. The van der Waals surface area contributed by atoms with Crippen LogP contribution in [-0.2, 0) is 0 Å². The Hall–Kier alpha value is -1.56. The normalized spacial score (nSPS) is 11.1. The Morgan fingerprint density at radius 3 is 2.53 bits per heavy atom. The Kier molecular flexibility index (Phi) is 4.09. The summed E-state index contributed by atoms with van der Waals surface area (Å²) in [6, 6.07) is 0. The molecular weight excluding hydrogens is 260 g/mol. The highest BCUT2D eigenvalue weighted by molar-refractivity contribution is 7.99. The van der Waals surface area contributed by atoms with Gasteiger partial charge in [0.15, 0.2) is 0 Å². The second-order valence-corrected chi connectivity index (χ2v) is 5.51. The summed E-state index contributed by atoms with van der Waals surface area (Å²) in [5.41, 5.74) is 2.00. The lowest BCUT2D eigenvalue weighted by Gasteiger charge is -2.13. The third kappa shape index (κ3) is 2.89. The van der Waals surface area contributed by atoms with E-state index in [0.717, 1.165) is 27.9 Å². The lowest BCUT2D eigenvalue weighted by molar-refractivity contribution is 0.430. The largest absolute Gasteiger partial charge is 0.436 e. The van der Waals surface area contributed by atoms with Crippen LogP contribution in [0.1, 0.15) is 36.8 Å². The molecule has 5 nitrogen and oxygen atoms in total. The van der Waals surface area contributed by atoms with Gasteiger partial charge in [-0.15, -0.1) is 0 Å². The van der Waals surface area contributed by atoms with Crippen LogP contribution in [0, 0.1) is 13.8 Å². The molecule has 0 fully saturated rings. The fourth-order valence-corrected chi connectivity index (χ4v) is 2.81. The van der Waals surface area contributed by atoms with Crippen LogP contribution in [0.15, 0.2) is 21.0 Å². The first kappa shape index (κ1) is 13.9. The number of aryl methyl sites for hydroxylation is 2. The van der Waals surface area contributed by atoms with Crippen molar-refractivity contribution in [3.63, 3.8) is 0 Å². The minimum Gasteiger partial charge on any atom is -0.436 e. The van der Waals surface area contributed by atoms with Crippen LogP contribution >= 0.6 is 11.8 Å². The van der Waals surface area contributed by atoms with Crippen LogP contribution in [0.5, 0.6) is 0 Å². The number of hydrogen-bond donors (Lipinski definition) is 1. The van der Waals surface area contributed by atoms with E-state index in [9.17, 15) is 0 Å². The molecule has 1 N–H and O–H groups in total. The van der Waals surface area contributed by atoms with Gasteiger partial charge in [-0.2, -0.15) is 0 Å². The standard InChI is InChI=1S/C13H18N4OS/c1-7(2)10-11(14-5)15-6-16-12(10)19-13-17-8(3)9(4)18-13/h6-7H,1-5H3,(H,14,15,16). The summed E-state index contributed by atoms with van der Waals surface area (Å²) in [5, 5.41) is 4.61. The molecule has 0 saturated carbocycles. The van der Waals surface area contributed by atoms with Crippen molar-refractivity contribution in [1.82, 2.24) is 15.0 Å². The lowest BCUT2D eigenvalue weighted by Crippen LogP contribution is -2.03. The summed E-state index contributed by atoms with van der Waals surface area (Å²) in [6.07, 6.45) is 1.56. The molecule has 2 aromatic heterocycles. The van der Waals surface area contributed by atoms with Gasteiger partial charge in [0.25, 0.3) is 5.22 Å². The molecule has 19 heavy (non-hydrogen) atoms. The predicted octanol–water partition coefficient (Wildman–Crippen LogP) is 3.40. The SMILES string of the molecule is CNc1ncnc(Sc2nc(C)c(C)o2)c1C(C)C. The zero-order chi connectivity index (χ0) is 14.0. The minimum atomic E-state index is 0.323. The van der Waals surface area contributed by atoms with Crippen molar-refractivity contribution in [3.05, 3.63) is 23.3 Å². The fourth-order valence-electron chi connectivity index (χ4n) is 1.75. The van der Waals surface area contributed by atoms with Gasteiger partial charge in [0.1, 0.15) is 22.9 Å². The van der Waals surface area contributed by atoms with Gasteiger partial charge in [-0.05, 0) is 31.5 Å². The van der Waals surface area contributed by atoms with Crippen molar-refractivity contribution in [2.45, 2.75) is 43.9 Å². The molecule has 2 rings (SSSR count). The summed E-state index contributed by atoms with van der Waals surface area (Å²) in [4.78, 5) is 13.0. The Bertz CT molecular complexity index is 561. The van der Waals surface area contributed by atoms with E-state index in [2.05, 4.69) is 34.1 Å². The maximum atomic E-state index is 5.60. The van der Waals surface area contributed by atoms with Crippen LogP contribution < -0.4 is 5.32 Å². The van der Waals surface area contributed by atoms with E-state index in [1.54, 1.807) is 6.33 Å². The van der Waals surface area contributed by atoms with Crippen molar-refractivity contribution < 1.29 is 4.42 Å².